The molecule has 0 spiro atoms. The first kappa shape index (κ1) is 41.0. The second-order valence-corrected chi connectivity index (χ2v) is 11.2. The zero-order valence-electron chi connectivity index (χ0n) is 26.7. The van der Waals surface area contributed by atoms with E-state index in [1.165, 1.54) is 36.4 Å². The molecule has 0 heterocycles. The molecular weight excluding hydrogens is 678 g/mol. The highest BCUT2D eigenvalue weighted by atomic mass is 35.5. The lowest BCUT2D eigenvalue weighted by Crippen LogP contribution is -2.15. The summed E-state index contributed by atoms with van der Waals surface area (Å²) >= 11 is 11.3. The van der Waals surface area contributed by atoms with Gasteiger partial charge in [0.25, 0.3) is 0 Å². The van der Waals surface area contributed by atoms with Crippen molar-refractivity contribution in [2.45, 2.75) is 41.5 Å². The number of rotatable bonds is 6. The lowest BCUT2D eigenvalue weighted by Gasteiger charge is -2.04. The van der Waals surface area contributed by atoms with Crippen molar-refractivity contribution in [3.8, 4) is 0 Å². The van der Waals surface area contributed by atoms with Gasteiger partial charge in [0.1, 0.15) is 5.82 Å². The Bertz CT molecular complexity index is 1460. The lowest BCUT2D eigenvalue weighted by molar-refractivity contribution is -0.237. The number of halogens is 3. The normalized spacial score (nSPS) is 10.0. The van der Waals surface area contributed by atoms with Crippen LogP contribution < -0.4 is 0 Å². The topological polar surface area (TPSA) is 158 Å². The van der Waals surface area contributed by atoms with Crippen LogP contribution in [0, 0.1) is 23.6 Å². The molecule has 0 aromatic heterocycles. The summed E-state index contributed by atoms with van der Waals surface area (Å²) in [4.78, 5) is 92.9. The average molecular weight is 712 g/mol. The Labute approximate surface area is 285 Å². The van der Waals surface area contributed by atoms with Crippen LogP contribution in [0.3, 0.4) is 0 Å². The fourth-order valence-electron chi connectivity index (χ4n) is 2.46. The fourth-order valence-corrected chi connectivity index (χ4v) is 2.77. The Morgan fingerprint density at radius 2 is 0.833 bits per heavy atom. The monoisotopic (exact) mass is 710 g/mol. The van der Waals surface area contributed by atoms with Crippen LogP contribution in [0.4, 0.5) is 4.39 Å². The maximum absolute atomic E-state index is 12.5. The second-order valence-electron chi connectivity index (χ2n) is 10.3. The molecule has 12 nitrogen and oxygen atoms in total. The molecule has 0 amide bonds. The SMILES string of the molecule is CC(C)C(=O)OOC(=O)c1ccc(Cl)cc1.CC(C)C(=O)OOC(=O)c1ccc(F)cc1.CC(C)C(=O)OOC(=O)c1cccc(Cl)c1. The molecule has 3 aromatic carbocycles. The summed E-state index contributed by atoms with van der Waals surface area (Å²) in [6.45, 7) is 9.75. The van der Waals surface area contributed by atoms with E-state index in [-0.39, 0.29) is 34.4 Å². The standard InChI is InChI=1S/2C11H11ClO4.C11H11FO4/c1-7(2)10(13)15-16-11(14)8-3-5-9(12)6-4-8;1-7(2)10(13)15-16-11(14)8-4-3-5-9(12)6-8;1-7(2)10(13)15-16-11(14)8-3-5-9(12)6-4-8/h3*3-7H,1-2H3. The van der Waals surface area contributed by atoms with Crippen LogP contribution in [0.1, 0.15) is 72.6 Å². The van der Waals surface area contributed by atoms with E-state index >= 15 is 0 Å². The van der Waals surface area contributed by atoms with E-state index in [2.05, 4.69) is 29.3 Å². The van der Waals surface area contributed by atoms with Gasteiger partial charge in [0.05, 0.1) is 34.4 Å². The maximum Gasteiger partial charge on any atom is 0.386 e. The Balaban J connectivity index is 0.000000360. The smallest absolute Gasteiger partial charge is 0.247 e. The molecule has 0 saturated heterocycles. The minimum atomic E-state index is -0.839. The minimum Gasteiger partial charge on any atom is -0.247 e. The zero-order chi connectivity index (χ0) is 36.4. The zero-order valence-corrected chi connectivity index (χ0v) is 28.2. The van der Waals surface area contributed by atoms with Crippen LogP contribution in [0.5, 0.6) is 0 Å². The highest BCUT2D eigenvalue weighted by molar-refractivity contribution is 6.31. The summed E-state index contributed by atoms with van der Waals surface area (Å²) in [6.07, 6.45) is 0. The van der Waals surface area contributed by atoms with Crippen LogP contribution in [-0.4, -0.2) is 35.8 Å². The molecule has 0 fully saturated rings. The third-order valence-electron chi connectivity index (χ3n) is 5.23. The van der Waals surface area contributed by atoms with Crippen molar-refractivity contribution in [3.63, 3.8) is 0 Å². The number of hydrogen-bond donors (Lipinski definition) is 0. The molecule has 0 unspecified atom stereocenters. The minimum absolute atomic E-state index is 0.109. The number of carbonyl (C=O) groups is 6. The molecule has 0 aliphatic rings. The van der Waals surface area contributed by atoms with Crippen molar-refractivity contribution in [3.05, 3.63) is 105 Å². The van der Waals surface area contributed by atoms with E-state index in [1.807, 2.05) is 0 Å². The van der Waals surface area contributed by atoms with Crippen molar-refractivity contribution in [1.82, 2.24) is 0 Å². The van der Waals surface area contributed by atoms with Gasteiger partial charge in [-0.15, -0.1) is 0 Å². The van der Waals surface area contributed by atoms with Gasteiger partial charge >= 0.3 is 35.8 Å². The first-order chi connectivity index (χ1) is 22.5. The molecule has 0 N–H and O–H groups in total. The molecule has 48 heavy (non-hydrogen) atoms. The van der Waals surface area contributed by atoms with E-state index in [4.69, 9.17) is 23.2 Å². The molecule has 0 bridgehead atoms. The van der Waals surface area contributed by atoms with Gasteiger partial charge in [-0.2, -0.15) is 0 Å². The van der Waals surface area contributed by atoms with Gasteiger partial charge in [0.15, 0.2) is 0 Å². The molecule has 0 radical (unpaired) electrons. The van der Waals surface area contributed by atoms with Crippen molar-refractivity contribution >= 4 is 59.0 Å². The van der Waals surface area contributed by atoms with Crippen LogP contribution >= 0.6 is 23.2 Å². The van der Waals surface area contributed by atoms with Gasteiger partial charge in [0.2, 0.25) is 0 Å². The Hall–Kier alpha value is -5.01. The first-order valence-corrected chi connectivity index (χ1v) is 14.8. The van der Waals surface area contributed by atoms with E-state index < -0.39 is 41.6 Å². The van der Waals surface area contributed by atoms with Gasteiger partial charge in [-0.05, 0) is 66.7 Å². The van der Waals surface area contributed by atoms with Gasteiger partial charge < -0.3 is 0 Å². The van der Waals surface area contributed by atoms with Crippen molar-refractivity contribution in [2.24, 2.45) is 17.8 Å². The quantitative estimate of drug-likeness (QED) is 0.186. The van der Waals surface area contributed by atoms with Gasteiger partial charge in [-0.1, -0.05) is 70.8 Å². The first-order valence-electron chi connectivity index (χ1n) is 14.1. The molecule has 0 atom stereocenters. The highest BCUT2D eigenvalue weighted by Gasteiger charge is 2.17. The molecule has 3 rings (SSSR count). The van der Waals surface area contributed by atoms with Crippen LogP contribution in [0.15, 0.2) is 72.8 Å². The fraction of sp³-hybridized carbons (Fsp3) is 0.273. The summed E-state index contributed by atoms with van der Waals surface area (Å²) in [5, 5.41) is 0.917. The van der Waals surface area contributed by atoms with Crippen LogP contribution in [-0.2, 0) is 43.7 Å². The maximum atomic E-state index is 12.5. The molecule has 0 aliphatic carbocycles. The molecular formula is C33H33Cl2FO12. The largest absolute Gasteiger partial charge is 0.386 e. The Kier molecular flexibility index (Phi) is 17.9. The molecule has 15 heteroatoms. The predicted octanol–water partition coefficient (Wildman–Crippen LogP) is 7.32. The molecule has 3 aromatic rings. The van der Waals surface area contributed by atoms with E-state index in [1.54, 1.807) is 65.8 Å². The molecule has 0 saturated carbocycles. The Morgan fingerprint density at radius 3 is 1.19 bits per heavy atom. The van der Waals surface area contributed by atoms with E-state index in [9.17, 15) is 33.2 Å². The molecule has 258 valence electrons. The van der Waals surface area contributed by atoms with Crippen LogP contribution in [0.25, 0.3) is 0 Å². The average Bonchev–Trinajstić information content (AvgIpc) is 3.05. The summed E-state index contributed by atoms with van der Waals surface area (Å²) < 4.78 is 12.5. The summed E-state index contributed by atoms with van der Waals surface area (Å²) in [7, 11) is 0. The third-order valence-corrected chi connectivity index (χ3v) is 5.72. The summed E-state index contributed by atoms with van der Waals surface area (Å²) in [5.41, 5.74) is 0.600. The van der Waals surface area contributed by atoms with Gasteiger partial charge in [-0.3, -0.25) is 0 Å². The van der Waals surface area contributed by atoms with E-state index in [0.29, 0.717) is 10.0 Å². The summed E-state index contributed by atoms with van der Waals surface area (Å²) in [6, 6.07) is 16.9. The van der Waals surface area contributed by atoms with Crippen molar-refractivity contribution in [2.75, 3.05) is 0 Å². The molecule has 0 aliphatic heterocycles. The Morgan fingerprint density at radius 1 is 0.479 bits per heavy atom. The number of carbonyl (C=O) groups excluding carboxylic acids is 6. The number of benzene rings is 3. The summed E-state index contributed by atoms with van der Waals surface area (Å²) in [5.74, 6) is -5.72. The van der Waals surface area contributed by atoms with Crippen molar-refractivity contribution in [1.29, 1.82) is 0 Å². The van der Waals surface area contributed by atoms with Gasteiger partial charge in [0, 0.05) is 10.0 Å². The lowest BCUT2D eigenvalue weighted by atomic mass is 10.2. The number of hydrogen-bond acceptors (Lipinski definition) is 12. The van der Waals surface area contributed by atoms with E-state index in [0.717, 1.165) is 12.1 Å². The third kappa shape index (κ3) is 16.0. The van der Waals surface area contributed by atoms with Gasteiger partial charge in [-0.25, -0.2) is 62.5 Å². The van der Waals surface area contributed by atoms with Crippen LogP contribution in [0.2, 0.25) is 10.0 Å². The second kappa shape index (κ2) is 21.0. The van der Waals surface area contributed by atoms with Crippen molar-refractivity contribution < 1.29 is 62.5 Å². The predicted molar refractivity (Wildman–Crippen MR) is 168 cm³/mol. The highest BCUT2D eigenvalue weighted by Crippen LogP contribution is 2.13.